The number of amides is 1. The van der Waals surface area contributed by atoms with Crippen LogP contribution in [0.1, 0.15) is 275 Å². The highest BCUT2D eigenvalue weighted by molar-refractivity contribution is 8.41. The van der Waals surface area contributed by atoms with Crippen LogP contribution in [0.15, 0.2) is 152 Å². The van der Waals surface area contributed by atoms with Crippen LogP contribution in [-0.4, -0.2) is 162 Å². The molecule has 1 aromatic heterocycles. The lowest BCUT2D eigenvalue weighted by Crippen LogP contribution is -2.52. The number of carboxylic acids is 2. The number of H-pyrrole nitrogens is 1. The number of carbonyl (C=O) groups excluding carboxylic acids is 14. The highest BCUT2D eigenvalue weighted by Gasteiger charge is 2.48. The minimum absolute atomic E-state index is 0. The summed E-state index contributed by atoms with van der Waals surface area (Å²) >= 11 is 26.5. The molecule has 0 saturated heterocycles. The van der Waals surface area contributed by atoms with Crippen LogP contribution in [0, 0.1) is 41.4 Å². The van der Waals surface area contributed by atoms with E-state index in [0.29, 0.717) is 12.8 Å². The highest BCUT2D eigenvalue weighted by atomic mass is 32.7. The maximum absolute atomic E-state index is 15.3. The summed E-state index contributed by atoms with van der Waals surface area (Å²) in [5.74, 6) is -7.50. The molecule has 0 radical (unpaired) electrons. The van der Waals surface area contributed by atoms with Gasteiger partial charge in [-0.25, -0.2) is 9.78 Å². The number of nitrogens with zero attached hydrogens (tertiary/aromatic N) is 1. The fourth-order valence-electron chi connectivity index (χ4n) is 14.1. The lowest BCUT2D eigenvalue weighted by molar-refractivity contribution is -0.157. The van der Waals surface area contributed by atoms with Gasteiger partial charge < -0.3 is 59.8 Å². The van der Waals surface area contributed by atoms with E-state index in [1.54, 1.807) is 103 Å². The number of aromatic nitrogens is 2. The molecule has 0 saturated carbocycles. The number of aromatic amines is 1. The third-order valence-corrected chi connectivity index (χ3v) is 29.3. The second-order valence-electron chi connectivity index (χ2n) is 35.9. The Balaban J connectivity index is -0.00000172. The minimum atomic E-state index is -1.22. The van der Waals surface area contributed by atoms with Gasteiger partial charge in [0.25, 0.3) is 0 Å². The number of rotatable bonds is 47. The molecule has 140 heavy (non-hydrogen) atoms. The molecular weight excluding hydrogens is 2020 g/mol. The number of Topliss-reactive ketones (excluding diaryl/α,β-unsaturated/α-hetero) is 10. The molecule has 0 fully saturated rings. The summed E-state index contributed by atoms with van der Waals surface area (Å²) in [5, 5.41) is 23.5. The number of imidazole rings is 1. The maximum atomic E-state index is 15.3. The predicted octanol–water partition coefficient (Wildman–Crippen LogP) is 21.6. The van der Waals surface area contributed by atoms with Gasteiger partial charge in [-0.3, -0.25) is 62.3 Å². The van der Waals surface area contributed by atoms with Crippen molar-refractivity contribution in [2.45, 2.75) is 282 Å². The summed E-state index contributed by atoms with van der Waals surface area (Å²) in [7, 11) is 6.88. The molecule has 1 aliphatic rings. The molecule has 6 aromatic rings. The van der Waals surface area contributed by atoms with E-state index in [1.807, 2.05) is 129 Å². The van der Waals surface area contributed by atoms with Crippen molar-refractivity contribution in [2.24, 2.45) is 41.4 Å². The van der Waals surface area contributed by atoms with E-state index in [0.717, 1.165) is 93.3 Å². The minimum Gasteiger partial charge on any atom is -0.481 e. The first-order valence-corrected chi connectivity index (χ1v) is 58.4. The molecular formula is C101H140N4O23P6S6. The van der Waals surface area contributed by atoms with Crippen LogP contribution >= 0.6 is 42.3 Å². The smallest absolute Gasteiger partial charge is 0.407 e. The van der Waals surface area contributed by atoms with Gasteiger partial charge in [0.1, 0.15) is 80.9 Å². The van der Waals surface area contributed by atoms with Crippen molar-refractivity contribution >= 4 is 207 Å². The van der Waals surface area contributed by atoms with Gasteiger partial charge in [0, 0.05) is 166 Å². The number of carboxylic acid groups (broad SMARTS) is 2. The Morgan fingerprint density at radius 3 is 1.05 bits per heavy atom. The number of aliphatic carboxylic acids is 2. The molecule has 7 N–H and O–H groups in total. The molecule has 0 spiro atoms. The molecule has 768 valence electrons. The topological polar surface area (TPSA) is 435 Å². The summed E-state index contributed by atoms with van der Waals surface area (Å²) in [6.07, 6.45) is 5.22. The van der Waals surface area contributed by atoms with Gasteiger partial charge in [-0.2, -0.15) is 0 Å². The molecule has 0 aliphatic heterocycles. The van der Waals surface area contributed by atoms with Crippen LogP contribution in [0.4, 0.5) is 4.79 Å². The number of fused-ring (bicyclic) bond motifs is 3. The Morgan fingerprint density at radius 1 is 0.443 bits per heavy atom. The Kier molecular flexibility index (Phi) is 70.7. The Hall–Kier alpha value is -8.33. The third-order valence-electron chi connectivity index (χ3n) is 21.3. The third kappa shape index (κ3) is 56.1. The van der Waals surface area contributed by atoms with Crippen LogP contribution < -0.4 is 10.6 Å². The molecule has 39 heteroatoms. The summed E-state index contributed by atoms with van der Waals surface area (Å²) < 4.78 is 21.5. The van der Waals surface area contributed by atoms with Crippen LogP contribution in [0.5, 0.6) is 0 Å². The lowest BCUT2D eigenvalue weighted by Gasteiger charge is -2.37. The Bertz CT molecular complexity index is 4730. The Morgan fingerprint density at radius 2 is 0.757 bits per heavy atom. The van der Waals surface area contributed by atoms with E-state index in [4.69, 9.17) is 29.2 Å². The molecule has 5 aromatic carbocycles. The van der Waals surface area contributed by atoms with Crippen molar-refractivity contribution in [1.29, 1.82) is 0 Å². The number of alkyl carbamates (subject to hydrolysis) is 1. The number of esters is 3. The number of likely N-dealkylation sites (N-methyl/N-ethyl adjacent to an activating group) is 1. The first kappa shape index (κ1) is 136. The number of nitrogens with one attached hydrogen (secondary N) is 3. The van der Waals surface area contributed by atoms with E-state index in [9.17, 15) is 71.9 Å². The first-order chi connectivity index (χ1) is 64.7. The SMILES string of the molecule is C.CC(=O)C[C@@H](C)C(=O)C[C@@H](CCC(=O)OC(C)(C)C)C(=O)O.CC(=O)C[C@@H](C)C(=O)C[C@@H](CCC(=O)OC(C)(C)C)C(C)=O.CC[C@@H](C)C(=O)C[C@@H](CCC(=O)OC(C)(C)C)C(C)=O.CN[C@@H](C)C(=O)C[C@@H](CCC(=O)O)C(C)=O.O.O=C(N[C@@H](Cc1cnc[nH]1)C(=O)C(c1ccccc1)(c1ccccc1)c1ccccc1)OCC1c2ccccc2-c2ccccc21.S=PP=S.S=PP=S.S=PP=S. The van der Waals surface area contributed by atoms with Gasteiger partial charge in [0.2, 0.25) is 0 Å². The Labute approximate surface area is 866 Å². The largest absolute Gasteiger partial charge is 0.481 e. The number of hydrogen-bond donors (Lipinski definition) is 5. The number of hydrogen-bond acceptors (Lipinski definition) is 28. The number of ether oxygens (including phenoxy) is 4. The van der Waals surface area contributed by atoms with Crippen molar-refractivity contribution in [2.75, 3.05) is 13.7 Å². The molecule has 1 heterocycles. The van der Waals surface area contributed by atoms with Crippen molar-refractivity contribution in [3.05, 3.63) is 186 Å². The molecule has 27 nitrogen and oxygen atoms in total. The van der Waals surface area contributed by atoms with Gasteiger partial charge >= 0.3 is 35.9 Å². The zero-order chi connectivity index (χ0) is 105. The average molecular weight is 2160 g/mol. The number of carbonyl (C=O) groups is 16. The van der Waals surface area contributed by atoms with Crippen molar-refractivity contribution in [3.8, 4) is 11.1 Å². The van der Waals surface area contributed by atoms with Gasteiger partial charge in [0.05, 0.1) is 24.3 Å². The van der Waals surface area contributed by atoms with E-state index < -0.39 is 75.9 Å². The fourth-order valence-corrected chi connectivity index (χ4v) is 14.1. The molecule has 9 atom stereocenters. The van der Waals surface area contributed by atoms with Gasteiger partial charge in [-0.15, -0.1) is 0 Å². The molecule has 1 amide bonds. The summed E-state index contributed by atoms with van der Waals surface area (Å²) in [6.45, 7) is 32.0. The van der Waals surface area contributed by atoms with Crippen LogP contribution in [0.3, 0.4) is 0 Å². The highest BCUT2D eigenvalue weighted by Crippen LogP contribution is 2.45. The van der Waals surface area contributed by atoms with Crippen LogP contribution in [0.2, 0.25) is 0 Å². The quantitative estimate of drug-likeness (QED) is 0.0102. The molecule has 1 aliphatic carbocycles. The lowest BCUT2D eigenvalue weighted by atomic mass is 9.64. The van der Waals surface area contributed by atoms with Crippen LogP contribution in [0.25, 0.3) is 11.1 Å². The fraction of sp³-hybridized carbons (Fsp3) is 0.515. The second-order valence-corrected chi connectivity index (χ2v) is 48.6. The van der Waals surface area contributed by atoms with E-state index in [1.165, 1.54) is 34.6 Å². The van der Waals surface area contributed by atoms with Gasteiger partial charge in [0.15, 0.2) is 5.78 Å². The predicted molar refractivity (Wildman–Crippen MR) is 576 cm³/mol. The summed E-state index contributed by atoms with van der Waals surface area (Å²) in [4.78, 5) is 197. The normalized spacial score (nSPS) is 13.1. The van der Waals surface area contributed by atoms with Gasteiger partial charge in [-0.1, -0.05) is 175 Å². The van der Waals surface area contributed by atoms with E-state index in [-0.39, 0.29) is 202 Å². The number of benzene rings is 5. The zero-order valence-corrected chi connectivity index (χ0v) is 93.1. The van der Waals surface area contributed by atoms with E-state index in [2.05, 4.69) is 116 Å². The van der Waals surface area contributed by atoms with Crippen molar-refractivity contribution in [3.63, 3.8) is 0 Å². The number of ketones is 10. The van der Waals surface area contributed by atoms with E-state index >= 15 is 4.79 Å². The molecule has 7 rings (SSSR count). The molecule has 0 bridgehead atoms. The monoisotopic (exact) mass is 2150 g/mol. The summed E-state index contributed by atoms with van der Waals surface area (Å²) in [6, 6.07) is 44.4. The van der Waals surface area contributed by atoms with Crippen LogP contribution in [-0.2, 0) is 174 Å². The van der Waals surface area contributed by atoms with Gasteiger partial charge in [-0.05, 0) is 253 Å². The van der Waals surface area contributed by atoms with Crippen molar-refractivity contribution < 1.29 is 111 Å². The standard InChI is InChI=1S/C40H33N3O3.C17H28O5.C16H26O6.C16H28O4.C11H19NO4.CH4.H2O.3P2S2/c44-38(40(28-14-4-1-5-15-28,29-16-6-2-7-17-29)30-18-8-3-9-19-30)37(24-31-25-41-27-42-31)43-39(45)46-26-36-34-22-12-10-20-32(34)33-21-11-13-23-35(33)36;1-11(9-12(2)18)15(20)10-14(13(3)19)7-8-16(21)22-17(4,5)6;1-10(8-11(2)17)13(18)9-12(15(20)21)6-7-14(19)22-16(3,4)5;1-7-11(2)14(18)10-13(12(3)17)8-9-15(19)20-16(4,5)6;1-7(12-3)10(14)6-9(8(2)13)4-5-11(15)16;;;3*3-1-2-4/h1-23,25,27,36-37H,24,26H2,(H,41,42)(H,43,45);11,14H,7-10H2,1-6H3;10,12H,6-9H2,1-5H3,(H,20,21);11,13H,7-10H2,1-6H3;7,9,12H,4-6H2,1-3H3,(H,15,16);1H4;1H2;;;/t37-;11-,14-;10-,12-;11-,13-;7-,9+;;;;;/m01110...../s1. The average Bonchev–Trinajstić information content (AvgIpc) is 0.976. The maximum Gasteiger partial charge on any atom is 0.407 e. The van der Waals surface area contributed by atoms with Crippen molar-refractivity contribution in [1.82, 2.24) is 20.6 Å². The molecule has 0 unspecified atom stereocenters. The first-order valence-electron chi connectivity index (χ1n) is 44.8. The summed E-state index contributed by atoms with van der Waals surface area (Å²) in [5.41, 5.74) is 4.77. The second kappa shape index (κ2) is 72.8. The zero-order valence-electron chi connectivity index (χ0n) is 82.9.